The Labute approximate surface area is 152 Å². The standard InChI is InChI=1S/C18H8F5NO3/c19-9-3-8(7-24)4-10(5-9)27-13-2-1-11-15-14(13)12(25)6-16(15,26)18(22,23)17(11,20)21/h1-5,26H,6H2/t16-/m1/s1/i3D,4D,5D. The molecular weight excluding hydrogens is 373 g/mol. The van der Waals surface area contributed by atoms with Crippen LogP contribution in [0.25, 0.3) is 0 Å². The van der Waals surface area contributed by atoms with Crippen LogP contribution in [-0.4, -0.2) is 16.8 Å². The van der Waals surface area contributed by atoms with Crippen LogP contribution in [0.15, 0.2) is 30.3 Å². The lowest BCUT2D eigenvalue weighted by molar-refractivity contribution is -0.283. The second-order valence-corrected chi connectivity index (χ2v) is 6.08. The number of aliphatic hydroxyl groups is 1. The lowest BCUT2D eigenvalue weighted by Crippen LogP contribution is -2.48. The molecule has 2 aliphatic rings. The Kier molecular flexibility index (Phi) is 2.64. The molecule has 0 saturated heterocycles. The Morgan fingerprint density at radius 2 is 1.93 bits per heavy atom. The van der Waals surface area contributed by atoms with E-state index >= 15 is 0 Å². The van der Waals surface area contributed by atoms with Crippen molar-refractivity contribution in [3.05, 3.63) is 58.3 Å². The molecule has 0 spiro atoms. The number of rotatable bonds is 2. The minimum Gasteiger partial charge on any atom is -0.456 e. The van der Waals surface area contributed by atoms with Crippen LogP contribution in [0.5, 0.6) is 11.5 Å². The average Bonchev–Trinajstić information content (AvgIpc) is 3.01. The average molecular weight is 384 g/mol. The highest BCUT2D eigenvalue weighted by atomic mass is 19.3. The molecule has 2 aromatic rings. The first-order valence-electron chi connectivity index (χ1n) is 8.87. The zero-order valence-electron chi connectivity index (χ0n) is 16.0. The quantitative estimate of drug-likeness (QED) is 0.795. The Bertz CT molecular complexity index is 1210. The molecule has 4 nitrogen and oxygen atoms in total. The van der Waals surface area contributed by atoms with Crippen molar-refractivity contribution in [2.45, 2.75) is 23.9 Å². The van der Waals surface area contributed by atoms with Gasteiger partial charge in [0, 0.05) is 17.2 Å². The SMILES string of the molecule is [2H]c1c(F)c([2H])c(Oc2ccc3c4c2C(=O)C[C@]4(O)C(F)(F)C3(F)F)c([2H])c1C#N. The fraction of sp³-hybridized carbons (Fsp3) is 0.222. The number of carbonyl (C=O) groups is 1. The number of ether oxygens (including phenoxy) is 1. The molecule has 27 heavy (non-hydrogen) atoms. The van der Waals surface area contributed by atoms with Gasteiger partial charge < -0.3 is 9.84 Å². The molecule has 0 heterocycles. The highest BCUT2D eigenvalue weighted by molar-refractivity contribution is 6.05. The monoisotopic (exact) mass is 384 g/mol. The molecule has 0 amide bonds. The summed E-state index contributed by atoms with van der Waals surface area (Å²) in [6.07, 6.45) is -1.36. The van der Waals surface area contributed by atoms with Crippen LogP contribution in [0.1, 0.15) is 37.6 Å². The number of Topliss-reactive ketones (excluding diaryl/α,β-unsaturated/α-hetero) is 1. The third-order valence-electron chi connectivity index (χ3n) is 4.55. The van der Waals surface area contributed by atoms with E-state index in [9.17, 15) is 31.9 Å². The molecule has 2 aromatic carbocycles. The van der Waals surface area contributed by atoms with Crippen molar-refractivity contribution in [3.63, 3.8) is 0 Å². The van der Waals surface area contributed by atoms with Gasteiger partial charge in [-0.25, -0.2) is 4.39 Å². The molecular formula is C18H8F5NO3. The minimum atomic E-state index is -4.99. The van der Waals surface area contributed by atoms with Crippen molar-refractivity contribution in [3.8, 4) is 17.6 Å². The maximum absolute atomic E-state index is 14.3. The predicted octanol–water partition coefficient (Wildman–Crippen LogP) is 4.00. The van der Waals surface area contributed by atoms with Crippen LogP contribution in [0.3, 0.4) is 0 Å². The zero-order chi connectivity index (χ0) is 22.4. The topological polar surface area (TPSA) is 70.3 Å². The van der Waals surface area contributed by atoms with E-state index in [2.05, 4.69) is 0 Å². The van der Waals surface area contributed by atoms with E-state index in [4.69, 9.17) is 14.1 Å². The van der Waals surface area contributed by atoms with Gasteiger partial charge in [-0.15, -0.1) is 0 Å². The second-order valence-electron chi connectivity index (χ2n) is 6.08. The van der Waals surface area contributed by atoms with Gasteiger partial charge in [0.05, 0.1) is 27.7 Å². The first-order valence-corrected chi connectivity index (χ1v) is 7.37. The molecule has 2 aliphatic carbocycles. The van der Waals surface area contributed by atoms with E-state index in [0.29, 0.717) is 12.1 Å². The van der Waals surface area contributed by atoms with Crippen molar-refractivity contribution < 1.29 is 40.7 Å². The summed E-state index contributed by atoms with van der Waals surface area (Å²) in [4.78, 5) is 12.3. The van der Waals surface area contributed by atoms with E-state index in [1.54, 1.807) is 0 Å². The molecule has 0 radical (unpaired) electrons. The summed E-state index contributed by atoms with van der Waals surface area (Å²) < 4.78 is 99.2. The molecule has 0 aromatic heterocycles. The molecule has 4 rings (SSSR count). The molecule has 9 heteroatoms. The van der Waals surface area contributed by atoms with Crippen LogP contribution >= 0.6 is 0 Å². The van der Waals surface area contributed by atoms with Crippen LogP contribution in [-0.2, 0) is 11.5 Å². The molecule has 0 saturated carbocycles. The fourth-order valence-electron chi connectivity index (χ4n) is 3.38. The number of halogens is 5. The predicted molar refractivity (Wildman–Crippen MR) is 79.3 cm³/mol. The molecule has 0 unspecified atom stereocenters. The number of carbonyl (C=O) groups excluding carboxylic acids is 1. The van der Waals surface area contributed by atoms with Gasteiger partial charge in [0.15, 0.2) is 11.4 Å². The number of ketones is 1. The maximum Gasteiger partial charge on any atom is 0.347 e. The summed E-state index contributed by atoms with van der Waals surface area (Å²) in [5.41, 5.74) is -7.39. The molecule has 138 valence electrons. The Hall–Kier alpha value is -2.99. The molecule has 1 atom stereocenters. The Morgan fingerprint density at radius 3 is 2.59 bits per heavy atom. The summed E-state index contributed by atoms with van der Waals surface area (Å²) in [5, 5.41) is 19.3. The number of nitrogens with zero attached hydrogens (tertiary/aromatic N) is 1. The van der Waals surface area contributed by atoms with Crippen molar-refractivity contribution in [2.75, 3.05) is 0 Å². The van der Waals surface area contributed by atoms with Crippen molar-refractivity contribution >= 4 is 5.78 Å². The van der Waals surface area contributed by atoms with Crippen LogP contribution in [0, 0.1) is 17.1 Å². The molecule has 0 fully saturated rings. The summed E-state index contributed by atoms with van der Waals surface area (Å²) >= 11 is 0. The van der Waals surface area contributed by atoms with Gasteiger partial charge in [0.2, 0.25) is 0 Å². The van der Waals surface area contributed by atoms with Crippen molar-refractivity contribution in [1.82, 2.24) is 0 Å². The Balaban J connectivity index is 1.96. The summed E-state index contributed by atoms with van der Waals surface area (Å²) in [6, 6.07) is -0.467. The first kappa shape index (κ1) is 14.1. The Morgan fingerprint density at radius 1 is 1.22 bits per heavy atom. The molecule has 1 N–H and O–H groups in total. The lowest BCUT2D eigenvalue weighted by atomic mass is 9.95. The third kappa shape index (κ3) is 2.01. The first-order chi connectivity index (χ1) is 13.8. The van der Waals surface area contributed by atoms with E-state index in [-0.39, 0.29) is 0 Å². The highest BCUT2D eigenvalue weighted by Gasteiger charge is 2.79. The number of alkyl halides is 4. The van der Waals surface area contributed by atoms with Crippen LogP contribution in [0.4, 0.5) is 22.0 Å². The van der Waals surface area contributed by atoms with E-state index in [0.717, 1.165) is 0 Å². The van der Waals surface area contributed by atoms with Gasteiger partial charge in [0.25, 0.3) is 0 Å². The summed E-state index contributed by atoms with van der Waals surface area (Å²) in [6.45, 7) is 0. The second kappa shape index (κ2) is 5.04. The van der Waals surface area contributed by atoms with E-state index < -0.39 is 87.3 Å². The van der Waals surface area contributed by atoms with Crippen LogP contribution < -0.4 is 4.74 Å². The minimum absolute atomic E-state index is 0.506. The summed E-state index contributed by atoms with van der Waals surface area (Å²) in [5.74, 6) is -14.0. The fourth-order valence-corrected chi connectivity index (χ4v) is 3.38. The van der Waals surface area contributed by atoms with Crippen molar-refractivity contribution in [2.24, 2.45) is 0 Å². The van der Waals surface area contributed by atoms with Gasteiger partial charge in [-0.3, -0.25) is 4.79 Å². The van der Waals surface area contributed by atoms with Gasteiger partial charge in [-0.1, -0.05) is 0 Å². The highest BCUT2D eigenvalue weighted by Crippen LogP contribution is 2.65. The van der Waals surface area contributed by atoms with Crippen molar-refractivity contribution in [1.29, 1.82) is 5.26 Å². The van der Waals surface area contributed by atoms with Gasteiger partial charge in [0.1, 0.15) is 17.3 Å². The third-order valence-corrected chi connectivity index (χ3v) is 4.55. The van der Waals surface area contributed by atoms with Gasteiger partial charge >= 0.3 is 11.8 Å². The van der Waals surface area contributed by atoms with Gasteiger partial charge in [-0.2, -0.15) is 22.8 Å². The van der Waals surface area contributed by atoms with E-state index in [1.807, 2.05) is 0 Å². The molecule has 0 bridgehead atoms. The van der Waals surface area contributed by atoms with Gasteiger partial charge in [-0.05, 0) is 24.2 Å². The van der Waals surface area contributed by atoms with Crippen LogP contribution in [0.2, 0.25) is 0 Å². The number of hydrogen-bond donors (Lipinski definition) is 1. The number of benzene rings is 2. The number of nitriles is 1. The van der Waals surface area contributed by atoms with E-state index in [1.165, 1.54) is 6.07 Å². The maximum atomic E-state index is 14.3. The molecule has 0 aliphatic heterocycles. The normalized spacial score (nSPS) is 25.4. The summed E-state index contributed by atoms with van der Waals surface area (Å²) in [7, 11) is 0. The largest absolute Gasteiger partial charge is 0.456 e. The smallest absolute Gasteiger partial charge is 0.347 e. The lowest BCUT2D eigenvalue weighted by Gasteiger charge is -2.29. The zero-order valence-corrected chi connectivity index (χ0v) is 13.0. The number of hydrogen-bond acceptors (Lipinski definition) is 4.